The van der Waals surface area contributed by atoms with Gasteiger partial charge in [0.15, 0.2) is 5.16 Å². The van der Waals surface area contributed by atoms with Crippen molar-refractivity contribution in [1.29, 1.82) is 0 Å². The molecule has 6 nitrogen and oxygen atoms in total. The van der Waals surface area contributed by atoms with Crippen molar-refractivity contribution in [1.82, 2.24) is 14.9 Å². The van der Waals surface area contributed by atoms with E-state index in [2.05, 4.69) is 10.3 Å². The number of nitrogens with one attached hydrogen (secondary N) is 1. The van der Waals surface area contributed by atoms with Gasteiger partial charge in [-0.1, -0.05) is 23.9 Å². The van der Waals surface area contributed by atoms with Gasteiger partial charge >= 0.3 is 0 Å². The zero-order valence-electron chi connectivity index (χ0n) is 13.6. The van der Waals surface area contributed by atoms with Crippen LogP contribution in [0.15, 0.2) is 34.2 Å². The number of fused-ring (bicyclic) bond motifs is 1. The van der Waals surface area contributed by atoms with Crippen molar-refractivity contribution < 1.29 is 9.90 Å². The van der Waals surface area contributed by atoms with Gasteiger partial charge in [0.25, 0.3) is 5.56 Å². The molecule has 1 atom stereocenters. The molecule has 3 rings (SSSR count). The lowest BCUT2D eigenvalue weighted by Gasteiger charge is -2.16. The molecule has 0 radical (unpaired) electrons. The lowest BCUT2D eigenvalue weighted by molar-refractivity contribution is -0.120. The third-order valence-electron chi connectivity index (χ3n) is 3.94. The Morgan fingerprint density at radius 1 is 1.46 bits per heavy atom. The van der Waals surface area contributed by atoms with E-state index in [9.17, 15) is 9.59 Å². The van der Waals surface area contributed by atoms with Crippen molar-refractivity contribution in [2.75, 3.05) is 6.61 Å². The summed E-state index contributed by atoms with van der Waals surface area (Å²) in [4.78, 5) is 29.5. The number of benzene rings is 1. The minimum atomic E-state index is -0.334. The predicted molar refractivity (Wildman–Crippen MR) is 94.2 cm³/mol. The van der Waals surface area contributed by atoms with Gasteiger partial charge in [0.1, 0.15) is 0 Å². The number of carbonyl (C=O) groups excluding carboxylic acids is 1. The molecule has 1 aliphatic carbocycles. The number of hydrogen-bond donors (Lipinski definition) is 2. The van der Waals surface area contributed by atoms with E-state index in [-0.39, 0.29) is 23.3 Å². The van der Waals surface area contributed by atoms with Crippen LogP contribution in [0, 0.1) is 0 Å². The highest BCUT2D eigenvalue weighted by atomic mass is 32.2. The Bertz CT molecular complexity index is 801. The maximum absolute atomic E-state index is 12.7. The highest BCUT2D eigenvalue weighted by Gasteiger charge is 2.27. The number of amides is 1. The first-order valence-corrected chi connectivity index (χ1v) is 9.05. The molecule has 2 N–H and O–H groups in total. The third-order valence-corrected chi connectivity index (χ3v) is 5.03. The van der Waals surface area contributed by atoms with Gasteiger partial charge < -0.3 is 10.4 Å². The number of rotatable bonds is 7. The van der Waals surface area contributed by atoms with E-state index in [1.54, 1.807) is 22.8 Å². The van der Waals surface area contributed by atoms with E-state index >= 15 is 0 Å². The van der Waals surface area contributed by atoms with Crippen LogP contribution in [-0.4, -0.2) is 38.5 Å². The second-order valence-electron chi connectivity index (χ2n) is 5.99. The molecule has 1 aliphatic rings. The van der Waals surface area contributed by atoms with Crippen LogP contribution < -0.4 is 10.9 Å². The fourth-order valence-electron chi connectivity index (χ4n) is 2.42. The summed E-state index contributed by atoms with van der Waals surface area (Å²) in [5.74, 6) is -0.0291. The van der Waals surface area contributed by atoms with Crippen LogP contribution in [0.5, 0.6) is 0 Å². The number of para-hydroxylation sites is 1. The second kappa shape index (κ2) is 7.36. The molecule has 0 aliphatic heterocycles. The van der Waals surface area contributed by atoms with Gasteiger partial charge in [0.2, 0.25) is 5.91 Å². The monoisotopic (exact) mass is 347 g/mol. The third kappa shape index (κ3) is 3.79. The molecule has 7 heteroatoms. The van der Waals surface area contributed by atoms with Crippen LogP contribution in [0.1, 0.15) is 26.2 Å². The molecule has 0 saturated heterocycles. The molecule has 1 aromatic carbocycles. The molecular weight excluding hydrogens is 326 g/mol. The van der Waals surface area contributed by atoms with Gasteiger partial charge in [0, 0.05) is 19.2 Å². The molecule has 1 amide bonds. The van der Waals surface area contributed by atoms with E-state index < -0.39 is 0 Å². The maximum atomic E-state index is 12.7. The SMILES string of the molecule is C[C@H](Sc1nc2ccccc2c(=O)n1CCCO)C(=O)NC1CC1. The number of aliphatic hydroxyl groups is 1. The molecule has 24 heavy (non-hydrogen) atoms. The van der Waals surface area contributed by atoms with Crippen molar-refractivity contribution in [3.05, 3.63) is 34.6 Å². The summed E-state index contributed by atoms with van der Waals surface area (Å²) in [7, 11) is 0. The Kier molecular flexibility index (Phi) is 5.20. The number of thioether (sulfide) groups is 1. The van der Waals surface area contributed by atoms with E-state index in [4.69, 9.17) is 5.11 Å². The number of carbonyl (C=O) groups is 1. The van der Waals surface area contributed by atoms with Crippen LogP contribution in [-0.2, 0) is 11.3 Å². The second-order valence-corrected chi connectivity index (χ2v) is 7.30. The zero-order valence-corrected chi connectivity index (χ0v) is 14.4. The van der Waals surface area contributed by atoms with Crippen LogP contribution in [0.4, 0.5) is 0 Å². The van der Waals surface area contributed by atoms with Crippen LogP contribution >= 0.6 is 11.8 Å². The Morgan fingerprint density at radius 2 is 2.21 bits per heavy atom. The van der Waals surface area contributed by atoms with Crippen molar-refractivity contribution >= 4 is 28.6 Å². The molecule has 1 saturated carbocycles. The van der Waals surface area contributed by atoms with Gasteiger partial charge in [0.05, 0.1) is 16.2 Å². The minimum absolute atomic E-state index is 0.00108. The zero-order chi connectivity index (χ0) is 17.1. The van der Waals surface area contributed by atoms with E-state index in [0.717, 1.165) is 12.8 Å². The number of nitrogens with zero attached hydrogens (tertiary/aromatic N) is 2. The fraction of sp³-hybridized carbons (Fsp3) is 0.471. The smallest absolute Gasteiger partial charge is 0.262 e. The molecule has 0 unspecified atom stereocenters. The normalized spacial score (nSPS) is 15.4. The van der Waals surface area contributed by atoms with Crippen LogP contribution in [0.25, 0.3) is 10.9 Å². The molecule has 1 heterocycles. The van der Waals surface area contributed by atoms with Crippen LogP contribution in [0.2, 0.25) is 0 Å². The van der Waals surface area contributed by atoms with E-state index in [1.165, 1.54) is 11.8 Å². The van der Waals surface area contributed by atoms with Crippen molar-refractivity contribution in [2.45, 2.75) is 49.2 Å². The first-order chi connectivity index (χ1) is 11.6. The lowest BCUT2D eigenvalue weighted by Crippen LogP contribution is -2.33. The fourth-order valence-corrected chi connectivity index (χ4v) is 3.37. The Labute approximate surface area is 144 Å². The Hall–Kier alpha value is -1.86. The Balaban J connectivity index is 1.91. The number of aliphatic hydroxyl groups excluding tert-OH is 1. The predicted octanol–water partition coefficient (Wildman–Crippen LogP) is 1.54. The van der Waals surface area contributed by atoms with Crippen LogP contribution in [0.3, 0.4) is 0 Å². The first-order valence-electron chi connectivity index (χ1n) is 8.17. The minimum Gasteiger partial charge on any atom is -0.396 e. The standard InChI is InChI=1S/C17H21N3O3S/c1-11(15(22)18-12-7-8-12)24-17-19-14-6-3-2-5-13(14)16(23)20(17)9-4-10-21/h2-3,5-6,11-12,21H,4,7-10H2,1H3,(H,18,22)/t11-/m0/s1. The summed E-state index contributed by atoms with van der Waals surface area (Å²) in [6, 6.07) is 7.50. The van der Waals surface area contributed by atoms with Gasteiger partial charge in [-0.15, -0.1) is 0 Å². The average molecular weight is 347 g/mol. The van der Waals surface area contributed by atoms with Crippen molar-refractivity contribution in [3.8, 4) is 0 Å². The highest BCUT2D eigenvalue weighted by Crippen LogP contribution is 2.25. The summed E-state index contributed by atoms with van der Waals surface area (Å²) in [6.07, 6.45) is 2.55. The van der Waals surface area contributed by atoms with Gasteiger partial charge in [-0.3, -0.25) is 14.2 Å². The maximum Gasteiger partial charge on any atom is 0.262 e. The number of hydrogen-bond acceptors (Lipinski definition) is 5. The summed E-state index contributed by atoms with van der Waals surface area (Å²) in [6.45, 7) is 2.20. The molecule has 1 aromatic heterocycles. The summed E-state index contributed by atoms with van der Waals surface area (Å²) >= 11 is 1.29. The molecule has 1 fully saturated rings. The van der Waals surface area contributed by atoms with Crippen molar-refractivity contribution in [2.24, 2.45) is 0 Å². The Morgan fingerprint density at radius 3 is 2.92 bits per heavy atom. The van der Waals surface area contributed by atoms with Gasteiger partial charge in [-0.2, -0.15) is 0 Å². The van der Waals surface area contributed by atoms with Crippen molar-refractivity contribution in [3.63, 3.8) is 0 Å². The molecule has 128 valence electrons. The lowest BCUT2D eigenvalue weighted by atomic mass is 10.2. The topological polar surface area (TPSA) is 84.2 Å². The largest absolute Gasteiger partial charge is 0.396 e. The average Bonchev–Trinajstić information content (AvgIpc) is 3.38. The van der Waals surface area contributed by atoms with Gasteiger partial charge in [-0.05, 0) is 38.3 Å². The summed E-state index contributed by atoms with van der Waals surface area (Å²) in [5, 5.41) is 12.8. The summed E-state index contributed by atoms with van der Waals surface area (Å²) in [5.41, 5.74) is 0.492. The molecule has 0 spiro atoms. The highest BCUT2D eigenvalue weighted by molar-refractivity contribution is 8.00. The molecule has 2 aromatic rings. The first kappa shape index (κ1) is 17.0. The molecule has 0 bridgehead atoms. The quantitative estimate of drug-likeness (QED) is 0.586. The number of aromatic nitrogens is 2. The summed E-state index contributed by atoms with van der Waals surface area (Å²) < 4.78 is 1.56. The van der Waals surface area contributed by atoms with E-state index in [0.29, 0.717) is 35.1 Å². The van der Waals surface area contributed by atoms with E-state index in [1.807, 2.05) is 13.0 Å². The van der Waals surface area contributed by atoms with Gasteiger partial charge in [-0.25, -0.2) is 4.98 Å². The molecular formula is C17H21N3O3S.